The Morgan fingerprint density at radius 1 is 1.13 bits per heavy atom. The summed E-state index contributed by atoms with van der Waals surface area (Å²) in [6.07, 6.45) is 0.0291. The summed E-state index contributed by atoms with van der Waals surface area (Å²) in [4.78, 5) is 14.5. The number of amides is 1. The smallest absolute Gasteiger partial charge is 0.335 e. The predicted molar refractivity (Wildman–Crippen MR) is 80.3 cm³/mol. The summed E-state index contributed by atoms with van der Waals surface area (Å²) in [5.74, 6) is 0.0837. The zero-order valence-electron chi connectivity index (χ0n) is 12.9. The summed E-state index contributed by atoms with van der Waals surface area (Å²) < 4.78 is 37.8. The number of carbonyl (C=O) groups excluding carboxylic acids is 1. The molecule has 0 heterocycles. The number of carbonyl (C=O) groups is 1. The summed E-state index contributed by atoms with van der Waals surface area (Å²) in [5, 5.41) is 0. The van der Waals surface area contributed by atoms with Gasteiger partial charge in [0.05, 0.1) is 5.56 Å². The van der Waals surface area contributed by atoms with Gasteiger partial charge in [-0.1, -0.05) is 12.1 Å². The summed E-state index contributed by atoms with van der Waals surface area (Å²) >= 11 is 0. The quantitative estimate of drug-likeness (QED) is 0.922. The molecular formula is C17H21F3N2O. The van der Waals surface area contributed by atoms with E-state index in [1.54, 1.807) is 0 Å². The van der Waals surface area contributed by atoms with Crippen LogP contribution in [0.1, 0.15) is 43.2 Å². The van der Waals surface area contributed by atoms with Crippen LogP contribution in [0, 0.1) is 5.92 Å². The maximum absolute atomic E-state index is 12.7. The highest BCUT2D eigenvalue weighted by Crippen LogP contribution is 2.34. The second-order valence-electron chi connectivity index (χ2n) is 6.66. The first-order chi connectivity index (χ1) is 10.8. The van der Waals surface area contributed by atoms with Crippen LogP contribution in [-0.4, -0.2) is 22.9 Å². The Bertz CT molecular complexity index is 566. The number of hydrogen-bond acceptors (Lipinski definition) is 2. The van der Waals surface area contributed by atoms with Crippen molar-refractivity contribution in [1.29, 1.82) is 0 Å². The molecule has 0 bridgehead atoms. The second kappa shape index (κ2) is 6.15. The van der Waals surface area contributed by atoms with E-state index in [1.165, 1.54) is 12.1 Å². The van der Waals surface area contributed by atoms with Crippen molar-refractivity contribution in [2.75, 3.05) is 0 Å². The molecule has 0 aromatic heterocycles. The number of rotatable bonds is 4. The predicted octanol–water partition coefficient (Wildman–Crippen LogP) is 3.32. The van der Waals surface area contributed by atoms with Gasteiger partial charge in [0.15, 0.2) is 0 Å². The Morgan fingerprint density at radius 2 is 1.78 bits per heavy atom. The highest BCUT2D eigenvalue weighted by molar-refractivity contribution is 5.80. The number of halogens is 3. The van der Waals surface area contributed by atoms with E-state index in [-0.39, 0.29) is 23.9 Å². The Hall–Kier alpha value is -1.56. The molecule has 2 unspecified atom stereocenters. The topological polar surface area (TPSA) is 46.3 Å². The van der Waals surface area contributed by atoms with Gasteiger partial charge in [-0.15, -0.1) is 0 Å². The third-order valence-electron chi connectivity index (χ3n) is 4.73. The summed E-state index contributed by atoms with van der Waals surface area (Å²) in [5.41, 5.74) is 5.96. The van der Waals surface area contributed by atoms with E-state index in [0.29, 0.717) is 6.54 Å². The van der Waals surface area contributed by atoms with Crippen molar-refractivity contribution in [3.63, 3.8) is 0 Å². The maximum atomic E-state index is 12.7. The molecular weight excluding hydrogens is 305 g/mol. The van der Waals surface area contributed by atoms with E-state index < -0.39 is 11.7 Å². The SMILES string of the molecule is NC1CCC(C(=O)N(Cc2ccc(C(F)(F)F)cc2)C2CC2)C1. The lowest BCUT2D eigenvalue weighted by atomic mass is 10.0. The van der Waals surface area contributed by atoms with E-state index in [1.807, 2.05) is 4.90 Å². The van der Waals surface area contributed by atoms with Crippen molar-refractivity contribution in [3.05, 3.63) is 35.4 Å². The minimum absolute atomic E-state index is 0.0277. The van der Waals surface area contributed by atoms with Gasteiger partial charge in [0.1, 0.15) is 0 Å². The van der Waals surface area contributed by atoms with Crippen LogP contribution in [0.5, 0.6) is 0 Å². The summed E-state index contributed by atoms with van der Waals surface area (Å²) in [7, 11) is 0. The molecule has 2 N–H and O–H groups in total. The van der Waals surface area contributed by atoms with E-state index in [4.69, 9.17) is 5.73 Å². The standard InChI is InChI=1S/C17H21F3N2O/c18-17(19,20)13-4-1-11(2-5-13)10-22(15-7-8-15)16(23)12-3-6-14(21)9-12/h1-2,4-5,12,14-15H,3,6-10,21H2. The molecule has 1 aromatic rings. The Labute approximate surface area is 133 Å². The van der Waals surface area contributed by atoms with Gasteiger partial charge < -0.3 is 10.6 Å². The van der Waals surface area contributed by atoms with Crippen molar-refractivity contribution in [2.45, 2.75) is 56.9 Å². The number of nitrogens with zero attached hydrogens (tertiary/aromatic N) is 1. The molecule has 0 spiro atoms. The molecule has 1 amide bonds. The Balaban J connectivity index is 1.69. The van der Waals surface area contributed by atoms with Gasteiger partial charge in [0.25, 0.3) is 0 Å². The first-order valence-corrected chi connectivity index (χ1v) is 8.07. The maximum Gasteiger partial charge on any atom is 0.416 e. The van der Waals surface area contributed by atoms with E-state index in [9.17, 15) is 18.0 Å². The molecule has 0 radical (unpaired) electrons. The number of benzene rings is 1. The molecule has 2 fully saturated rings. The van der Waals surface area contributed by atoms with Crippen LogP contribution < -0.4 is 5.73 Å². The molecule has 2 aliphatic rings. The normalized spacial score (nSPS) is 24.7. The van der Waals surface area contributed by atoms with E-state index in [2.05, 4.69) is 0 Å². The Kier molecular flexibility index (Phi) is 4.36. The fraction of sp³-hybridized carbons (Fsp3) is 0.588. The van der Waals surface area contributed by atoms with Crippen molar-refractivity contribution >= 4 is 5.91 Å². The van der Waals surface area contributed by atoms with Crippen molar-refractivity contribution < 1.29 is 18.0 Å². The van der Waals surface area contributed by atoms with Crippen LogP contribution in [0.4, 0.5) is 13.2 Å². The van der Waals surface area contributed by atoms with E-state index >= 15 is 0 Å². The molecule has 2 saturated carbocycles. The lowest BCUT2D eigenvalue weighted by molar-refractivity contribution is -0.138. The highest BCUT2D eigenvalue weighted by Gasteiger charge is 2.38. The van der Waals surface area contributed by atoms with E-state index in [0.717, 1.165) is 49.8 Å². The molecule has 1 aromatic carbocycles. The van der Waals surface area contributed by atoms with Gasteiger partial charge in [0, 0.05) is 24.5 Å². The highest BCUT2D eigenvalue weighted by atomic mass is 19.4. The minimum Gasteiger partial charge on any atom is -0.335 e. The van der Waals surface area contributed by atoms with Gasteiger partial charge >= 0.3 is 6.18 Å². The Morgan fingerprint density at radius 3 is 2.26 bits per heavy atom. The zero-order chi connectivity index (χ0) is 16.6. The van der Waals surface area contributed by atoms with Crippen LogP contribution in [0.25, 0.3) is 0 Å². The van der Waals surface area contributed by atoms with Gasteiger partial charge in [0.2, 0.25) is 5.91 Å². The average Bonchev–Trinajstić information content (AvgIpc) is 3.25. The molecule has 126 valence electrons. The van der Waals surface area contributed by atoms with Crippen molar-refractivity contribution in [1.82, 2.24) is 4.90 Å². The van der Waals surface area contributed by atoms with Crippen LogP contribution in [-0.2, 0) is 17.5 Å². The fourth-order valence-corrected chi connectivity index (χ4v) is 3.24. The number of alkyl halides is 3. The number of nitrogens with two attached hydrogens (primary N) is 1. The van der Waals surface area contributed by atoms with Crippen LogP contribution in [0.2, 0.25) is 0 Å². The van der Waals surface area contributed by atoms with Crippen LogP contribution >= 0.6 is 0 Å². The van der Waals surface area contributed by atoms with Crippen molar-refractivity contribution in [3.8, 4) is 0 Å². The van der Waals surface area contributed by atoms with Gasteiger partial charge in [-0.3, -0.25) is 4.79 Å². The lowest BCUT2D eigenvalue weighted by Gasteiger charge is -2.26. The molecule has 0 saturated heterocycles. The molecule has 2 atom stereocenters. The monoisotopic (exact) mass is 326 g/mol. The molecule has 3 rings (SSSR count). The summed E-state index contributed by atoms with van der Waals surface area (Å²) in [6, 6.07) is 5.42. The van der Waals surface area contributed by atoms with Crippen LogP contribution in [0.3, 0.4) is 0 Å². The zero-order valence-corrected chi connectivity index (χ0v) is 12.9. The second-order valence-corrected chi connectivity index (χ2v) is 6.66. The molecule has 3 nitrogen and oxygen atoms in total. The molecule has 6 heteroatoms. The first-order valence-electron chi connectivity index (χ1n) is 8.07. The lowest BCUT2D eigenvalue weighted by Crippen LogP contribution is -2.37. The average molecular weight is 326 g/mol. The largest absolute Gasteiger partial charge is 0.416 e. The van der Waals surface area contributed by atoms with Gasteiger partial charge in [-0.05, 0) is 49.8 Å². The fourth-order valence-electron chi connectivity index (χ4n) is 3.24. The van der Waals surface area contributed by atoms with Gasteiger partial charge in [-0.25, -0.2) is 0 Å². The summed E-state index contributed by atoms with van der Waals surface area (Å²) in [6.45, 7) is 0.382. The number of hydrogen-bond donors (Lipinski definition) is 1. The molecule has 2 aliphatic carbocycles. The third-order valence-corrected chi connectivity index (χ3v) is 4.73. The molecule has 0 aliphatic heterocycles. The molecule has 23 heavy (non-hydrogen) atoms. The minimum atomic E-state index is -4.33. The van der Waals surface area contributed by atoms with Crippen LogP contribution in [0.15, 0.2) is 24.3 Å². The first kappa shape index (κ1) is 16.3. The van der Waals surface area contributed by atoms with Gasteiger partial charge in [-0.2, -0.15) is 13.2 Å². The third kappa shape index (κ3) is 3.86. The van der Waals surface area contributed by atoms with Crippen molar-refractivity contribution in [2.24, 2.45) is 11.7 Å².